The van der Waals surface area contributed by atoms with Crippen LogP contribution in [0.5, 0.6) is 5.75 Å². The van der Waals surface area contributed by atoms with E-state index in [4.69, 9.17) is 19.8 Å². The molecule has 0 bridgehead atoms. The summed E-state index contributed by atoms with van der Waals surface area (Å²) in [5.41, 5.74) is 7.96. The topological polar surface area (TPSA) is 99.3 Å². The molecular weight excluding hydrogens is 500 g/mol. The summed E-state index contributed by atoms with van der Waals surface area (Å²) in [5, 5.41) is 14.8. The van der Waals surface area contributed by atoms with Crippen molar-refractivity contribution in [1.82, 2.24) is 39.7 Å². The third-order valence-electron chi connectivity index (χ3n) is 7.02. The predicted molar refractivity (Wildman–Crippen MR) is 155 cm³/mol. The van der Waals surface area contributed by atoms with E-state index >= 15 is 0 Å². The first-order chi connectivity index (χ1) is 19.6. The van der Waals surface area contributed by atoms with E-state index in [0.717, 1.165) is 50.4 Å². The number of aryl methyl sites for hydroxylation is 2. The smallest absolute Gasteiger partial charge is 0.187 e. The SMILES string of the molecule is COc1ccc2[nH]c(-c3nc(-n4nc(C)cc4C)c4nnn(Cc5ccccc5)c4n3)c(-c3ccccc3)c2c1. The minimum absolute atomic E-state index is 0.528. The molecule has 40 heavy (non-hydrogen) atoms. The Labute approximate surface area is 230 Å². The largest absolute Gasteiger partial charge is 0.497 e. The van der Waals surface area contributed by atoms with Gasteiger partial charge < -0.3 is 9.72 Å². The lowest BCUT2D eigenvalue weighted by molar-refractivity contribution is 0.415. The van der Waals surface area contributed by atoms with Gasteiger partial charge in [-0.3, -0.25) is 0 Å². The zero-order valence-corrected chi connectivity index (χ0v) is 22.3. The van der Waals surface area contributed by atoms with Crippen LogP contribution in [0.25, 0.3) is 50.5 Å². The number of H-pyrrole nitrogens is 1. The van der Waals surface area contributed by atoms with Crippen molar-refractivity contribution in [3.8, 4) is 34.2 Å². The van der Waals surface area contributed by atoms with Gasteiger partial charge in [-0.05, 0) is 49.2 Å². The zero-order chi connectivity index (χ0) is 27.2. The van der Waals surface area contributed by atoms with Gasteiger partial charge in [0.1, 0.15) is 5.75 Å². The molecule has 0 radical (unpaired) electrons. The van der Waals surface area contributed by atoms with Gasteiger partial charge in [0.2, 0.25) is 0 Å². The lowest BCUT2D eigenvalue weighted by Gasteiger charge is -2.10. The van der Waals surface area contributed by atoms with Crippen LogP contribution in [0.4, 0.5) is 0 Å². The van der Waals surface area contributed by atoms with E-state index in [2.05, 4.69) is 39.6 Å². The van der Waals surface area contributed by atoms with Crippen molar-refractivity contribution >= 4 is 22.1 Å². The predicted octanol–water partition coefficient (Wildman–Crippen LogP) is 5.90. The van der Waals surface area contributed by atoms with Crippen LogP contribution < -0.4 is 4.74 Å². The highest BCUT2D eigenvalue weighted by atomic mass is 16.5. The molecule has 0 aliphatic carbocycles. The summed E-state index contributed by atoms with van der Waals surface area (Å²) in [6.45, 7) is 4.50. The van der Waals surface area contributed by atoms with Gasteiger partial charge in [0, 0.05) is 22.2 Å². The van der Waals surface area contributed by atoms with Gasteiger partial charge in [-0.15, -0.1) is 5.10 Å². The Bertz CT molecular complexity index is 1990. The molecule has 0 spiro atoms. The fraction of sp³-hybridized carbons (Fsp3) is 0.129. The number of aromatic amines is 1. The Morgan fingerprint density at radius 2 is 1.65 bits per heavy atom. The van der Waals surface area contributed by atoms with Gasteiger partial charge in [-0.1, -0.05) is 65.9 Å². The van der Waals surface area contributed by atoms with Crippen LogP contribution >= 0.6 is 0 Å². The zero-order valence-electron chi connectivity index (χ0n) is 22.3. The van der Waals surface area contributed by atoms with E-state index in [-0.39, 0.29) is 0 Å². The number of hydrogen-bond donors (Lipinski definition) is 1. The number of methoxy groups -OCH3 is 1. The van der Waals surface area contributed by atoms with Gasteiger partial charge in [-0.25, -0.2) is 19.3 Å². The van der Waals surface area contributed by atoms with Crippen molar-refractivity contribution in [2.45, 2.75) is 20.4 Å². The average molecular weight is 527 g/mol. The van der Waals surface area contributed by atoms with Crippen molar-refractivity contribution in [3.05, 3.63) is 102 Å². The lowest BCUT2D eigenvalue weighted by Crippen LogP contribution is -2.08. The normalized spacial score (nSPS) is 11.5. The Morgan fingerprint density at radius 3 is 2.38 bits per heavy atom. The maximum atomic E-state index is 5.56. The van der Waals surface area contributed by atoms with Crippen LogP contribution in [0, 0.1) is 13.8 Å². The molecule has 9 nitrogen and oxygen atoms in total. The van der Waals surface area contributed by atoms with Crippen molar-refractivity contribution in [2.24, 2.45) is 0 Å². The third kappa shape index (κ3) is 3.99. The van der Waals surface area contributed by atoms with E-state index in [1.54, 1.807) is 7.11 Å². The Balaban J connectivity index is 1.52. The third-order valence-corrected chi connectivity index (χ3v) is 7.02. The molecule has 0 aliphatic rings. The standard InChI is InChI=1S/C31H26N8O/c1-19-16-20(2)39(36-19)31-28-30(38(37-35-28)18-21-10-6-4-7-11-21)33-29(34-31)27-26(22-12-8-5-9-13-22)24-17-23(40-3)14-15-25(24)32-27/h4-17,32H,18H2,1-3H3. The van der Waals surface area contributed by atoms with Gasteiger partial charge in [-0.2, -0.15) is 5.10 Å². The van der Waals surface area contributed by atoms with E-state index in [0.29, 0.717) is 29.4 Å². The molecule has 196 valence electrons. The summed E-state index contributed by atoms with van der Waals surface area (Å²) >= 11 is 0. The van der Waals surface area contributed by atoms with Crippen molar-refractivity contribution in [2.75, 3.05) is 7.11 Å². The first kappa shape index (κ1) is 23.8. The minimum Gasteiger partial charge on any atom is -0.497 e. The molecule has 7 aromatic rings. The number of ether oxygens (including phenoxy) is 1. The number of rotatable bonds is 6. The lowest BCUT2D eigenvalue weighted by atomic mass is 10.0. The molecular formula is C31H26N8O. The van der Waals surface area contributed by atoms with Gasteiger partial charge in [0.15, 0.2) is 22.8 Å². The maximum Gasteiger partial charge on any atom is 0.187 e. The number of aromatic nitrogens is 8. The monoisotopic (exact) mass is 526 g/mol. The highest BCUT2D eigenvalue weighted by molar-refractivity contribution is 6.04. The number of nitrogens with zero attached hydrogens (tertiary/aromatic N) is 7. The number of fused-ring (bicyclic) bond motifs is 2. The summed E-state index contributed by atoms with van der Waals surface area (Å²) in [4.78, 5) is 13.7. The summed E-state index contributed by atoms with van der Waals surface area (Å²) in [5.74, 6) is 1.89. The molecule has 0 amide bonds. The minimum atomic E-state index is 0.528. The molecule has 0 unspecified atom stereocenters. The van der Waals surface area contributed by atoms with Crippen LogP contribution in [0.15, 0.2) is 84.9 Å². The van der Waals surface area contributed by atoms with Crippen LogP contribution in [0.2, 0.25) is 0 Å². The fourth-order valence-corrected chi connectivity index (χ4v) is 5.18. The van der Waals surface area contributed by atoms with Gasteiger partial charge in [0.25, 0.3) is 0 Å². The molecule has 0 saturated heterocycles. The molecule has 0 atom stereocenters. The molecule has 9 heteroatoms. The second kappa shape index (κ2) is 9.46. The Kier molecular flexibility index (Phi) is 5.62. The van der Waals surface area contributed by atoms with E-state index in [9.17, 15) is 0 Å². The highest BCUT2D eigenvalue weighted by Gasteiger charge is 2.23. The quantitative estimate of drug-likeness (QED) is 0.290. The fourth-order valence-electron chi connectivity index (χ4n) is 5.18. The summed E-state index contributed by atoms with van der Waals surface area (Å²) in [7, 11) is 1.68. The highest BCUT2D eigenvalue weighted by Crippen LogP contribution is 2.39. The molecule has 4 heterocycles. The summed E-state index contributed by atoms with van der Waals surface area (Å²) in [6, 6.07) is 28.4. The second-order valence-electron chi connectivity index (χ2n) is 9.77. The van der Waals surface area contributed by atoms with Crippen molar-refractivity contribution in [3.63, 3.8) is 0 Å². The first-order valence-corrected chi connectivity index (χ1v) is 13.0. The van der Waals surface area contributed by atoms with E-state index < -0.39 is 0 Å². The average Bonchev–Trinajstić information content (AvgIpc) is 3.67. The summed E-state index contributed by atoms with van der Waals surface area (Å²) in [6.07, 6.45) is 0. The Hall–Kier alpha value is -5.31. The number of hydrogen-bond acceptors (Lipinski definition) is 6. The van der Waals surface area contributed by atoms with E-state index in [1.165, 1.54) is 0 Å². The molecule has 1 N–H and O–H groups in total. The first-order valence-electron chi connectivity index (χ1n) is 13.0. The Morgan fingerprint density at radius 1 is 0.875 bits per heavy atom. The van der Waals surface area contributed by atoms with Crippen LogP contribution in [-0.2, 0) is 6.54 Å². The van der Waals surface area contributed by atoms with Crippen molar-refractivity contribution in [1.29, 1.82) is 0 Å². The van der Waals surface area contributed by atoms with Crippen LogP contribution in [0.1, 0.15) is 17.0 Å². The molecule has 7 rings (SSSR count). The van der Waals surface area contributed by atoms with Crippen molar-refractivity contribution < 1.29 is 4.74 Å². The molecule has 0 aliphatic heterocycles. The molecule has 0 saturated carbocycles. The second-order valence-corrected chi connectivity index (χ2v) is 9.77. The molecule has 4 aromatic heterocycles. The van der Waals surface area contributed by atoms with E-state index in [1.807, 2.05) is 83.9 Å². The van der Waals surface area contributed by atoms with Gasteiger partial charge >= 0.3 is 0 Å². The maximum absolute atomic E-state index is 5.56. The summed E-state index contributed by atoms with van der Waals surface area (Å²) < 4.78 is 9.20. The van der Waals surface area contributed by atoms with Crippen LogP contribution in [-0.4, -0.2) is 46.8 Å². The molecule has 0 fully saturated rings. The van der Waals surface area contributed by atoms with Crippen LogP contribution in [0.3, 0.4) is 0 Å². The molecule has 3 aromatic carbocycles. The number of benzene rings is 3. The van der Waals surface area contributed by atoms with Gasteiger partial charge in [0.05, 0.1) is 25.0 Å². The number of nitrogens with one attached hydrogen (secondary N) is 1.